The van der Waals surface area contributed by atoms with E-state index in [1.807, 2.05) is 36.4 Å². The van der Waals surface area contributed by atoms with Gasteiger partial charge < -0.3 is 19.4 Å². The Morgan fingerprint density at radius 2 is 1.70 bits per heavy atom. The van der Waals surface area contributed by atoms with E-state index in [4.69, 9.17) is 9.47 Å². The largest absolute Gasteiger partial charge is 0.490 e. The standard InChI is InChI=1S/C27H25N3O3/c31-27(21-11-12-24-25(17-21)33-16-6-15-32-24)30(19-26-28-13-14-29-26)18-22-9-4-5-10-23(22)20-7-2-1-3-8-20/h1-5,7-14,17H,6,15-16,18-19H2,(H,28,29). The highest BCUT2D eigenvalue weighted by molar-refractivity contribution is 5.95. The van der Waals surface area contributed by atoms with E-state index in [0.717, 1.165) is 28.9 Å². The third kappa shape index (κ3) is 4.75. The van der Waals surface area contributed by atoms with Crippen molar-refractivity contribution in [3.63, 3.8) is 0 Å². The molecule has 0 bridgehead atoms. The number of rotatable bonds is 6. The van der Waals surface area contributed by atoms with Crippen LogP contribution in [0.15, 0.2) is 85.2 Å². The van der Waals surface area contributed by atoms with E-state index >= 15 is 0 Å². The maximum atomic E-state index is 13.7. The Morgan fingerprint density at radius 3 is 2.52 bits per heavy atom. The number of carbonyl (C=O) groups excluding carboxylic acids is 1. The van der Waals surface area contributed by atoms with Crippen LogP contribution in [-0.2, 0) is 13.1 Å². The minimum Gasteiger partial charge on any atom is -0.490 e. The second kappa shape index (κ2) is 9.61. The summed E-state index contributed by atoms with van der Waals surface area (Å²) in [6, 6.07) is 23.8. The highest BCUT2D eigenvalue weighted by Crippen LogP contribution is 2.31. The molecule has 1 aliphatic rings. The van der Waals surface area contributed by atoms with E-state index in [0.29, 0.717) is 43.4 Å². The van der Waals surface area contributed by atoms with E-state index in [9.17, 15) is 4.79 Å². The molecule has 5 rings (SSSR count). The first kappa shape index (κ1) is 20.8. The number of imidazole rings is 1. The monoisotopic (exact) mass is 439 g/mol. The Labute approximate surface area is 192 Å². The van der Waals surface area contributed by atoms with Gasteiger partial charge in [0.2, 0.25) is 0 Å². The summed E-state index contributed by atoms with van der Waals surface area (Å²) in [7, 11) is 0. The molecule has 0 spiro atoms. The fraction of sp³-hybridized carbons (Fsp3) is 0.185. The van der Waals surface area contributed by atoms with Crippen molar-refractivity contribution in [2.45, 2.75) is 19.5 Å². The second-order valence-electron chi connectivity index (χ2n) is 7.93. The van der Waals surface area contributed by atoms with Gasteiger partial charge >= 0.3 is 0 Å². The number of amides is 1. The maximum absolute atomic E-state index is 13.7. The minimum atomic E-state index is -0.0927. The Balaban J connectivity index is 1.48. The van der Waals surface area contributed by atoms with Crippen LogP contribution in [0.5, 0.6) is 11.5 Å². The van der Waals surface area contributed by atoms with Crippen LogP contribution < -0.4 is 9.47 Å². The zero-order valence-electron chi connectivity index (χ0n) is 18.2. The van der Waals surface area contributed by atoms with Gasteiger partial charge in [0.05, 0.1) is 19.8 Å². The molecule has 0 unspecified atom stereocenters. The third-order valence-corrected chi connectivity index (χ3v) is 5.64. The van der Waals surface area contributed by atoms with E-state index in [1.165, 1.54) is 0 Å². The summed E-state index contributed by atoms with van der Waals surface area (Å²) in [5.74, 6) is 1.93. The van der Waals surface area contributed by atoms with Crippen molar-refractivity contribution in [3.05, 3.63) is 102 Å². The van der Waals surface area contributed by atoms with Crippen molar-refractivity contribution in [1.29, 1.82) is 0 Å². The number of hydrogen-bond acceptors (Lipinski definition) is 4. The number of benzene rings is 3. The molecule has 33 heavy (non-hydrogen) atoms. The number of H-pyrrole nitrogens is 1. The van der Waals surface area contributed by atoms with Crippen LogP contribution in [0.25, 0.3) is 11.1 Å². The molecule has 0 saturated carbocycles. The van der Waals surface area contributed by atoms with Crippen molar-refractivity contribution in [1.82, 2.24) is 14.9 Å². The SMILES string of the molecule is O=C(c1ccc2c(c1)OCCCO2)N(Cc1ncc[nH]1)Cc1ccccc1-c1ccccc1. The summed E-state index contributed by atoms with van der Waals surface area (Å²) < 4.78 is 11.5. The molecule has 0 saturated heterocycles. The predicted molar refractivity (Wildman–Crippen MR) is 126 cm³/mol. The molecular weight excluding hydrogens is 414 g/mol. The van der Waals surface area contributed by atoms with Crippen molar-refractivity contribution >= 4 is 5.91 Å². The number of aromatic amines is 1. The Kier molecular flexibility index (Phi) is 6.06. The van der Waals surface area contributed by atoms with Crippen LogP contribution in [0.4, 0.5) is 0 Å². The predicted octanol–water partition coefficient (Wildman–Crippen LogP) is 5.08. The summed E-state index contributed by atoms with van der Waals surface area (Å²) in [6.45, 7) is 1.99. The van der Waals surface area contributed by atoms with Crippen LogP contribution in [0.3, 0.4) is 0 Å². The van der Waals surface area contributed by atoms with E-state index < -0.39 is 0 Å². The van der Waals surface area contributed by atoms with Crippen LogP contribution >= 0.6 is 0 Å². The molecule has 0 radical (unpaired) electrons. The van der Waals surface area contributed by atoms with Crippen LogP contribution in [0, 0.1) is 0 Å². The molecule has 4 aromatic rings. The number of carbonyl (C=O) groups is 1. The van der Waals surface area contributed by atoms with Gasteiger partial charge in [0, 0.05) is 30.9 Å². The lowest BCUT2D eigenvalue weighted by Crippen LogP contribution is -2.30. The van der Waals surface area contributed by atoms with Crippen LogP contribution in [0.1, 0.15) is 28.2 Å². The fourth-order valence-corrected chi connectivity index (χ4v) is 4.01. The Hall–Kier alpha value is -4.06. The summed E-state index contributed by atoms with van der Waals surface area (Å²) >= 11 is 0. The molecule has 0 aliphatic carbocycles. The van der Waals surface area contributed by atoms with Gasteiger partial charge in [0.1, 0.15) is 5.82 Å². The highest BCUT2D eigenvalue weighted by atomic mass is 16.5. The average Bonchev–Trinajstić information content (AvgIpc) is 3.26. The summed E-state index contributed by atoms with van der Waals surface area (Å²) in [6.07, 6.45) is 4.28. The number of ether oxygens (including phenoxy) is 2. The lowest BCUT2D eigenvalue weighted by atomic mass is 9.99. The molecule has 6 nitrogen and oxygen atoms in total. The van der Waals surface area contributed by atoms with Gasteiger partial charge in [-0.1, -0.05) is 54.6 Å². The molecule has 166 valence electrons. The summed E-state index contributed by atoms with van der Waals surface area (Å²) in [5, 5.41) is 0. The average molecular weight is 440 g/mol. The lowest BCUT2D eigenvalue weighted by molar-refractivity contribution is 0.0725. The molecular formula is C27H25N3O3. The van der Waals surface area contributed by atoms with Gasteiger partial charge in [0.25, 0.3) is 5.91 Å². The van der Waals surface area contributed by atoms with Crippen molar-refractivity contribution in [2.75, 3.05) is 13.2 Å². The molecule has 1 aromatic heterocycles. The molecule has 6 heteroatoms. The first-order valence-corrected chi connectivity index (χ1v) is 11.1. The molecule has 1 amide bonds. The molecule has 1 aliphatic heterocycles. The highest BCUT2D eigenvalue weighted by Gasteiger charge is 2.21. The number of aromatic nitrogens is 2. The number of fused-ring (bicyclic) bond motifs is 1. The third-order valence-electron chi connectivity index (χ3n) is 5.64. The van der Waals surface area contributed by atoms with Crippen LogP contribution in [0.2, 0.25) is 0 Å². The van der Waals surface area contributed by atoms with Gasteiger partial charge in [-0.05, 0) is 34.9 Å². The van der Waals surface area contributed by atoms with Gasteiger partial charge in [-0.15, -0.1) is 0 Å². The fourth-order valence-electron chi connectivity index (χ4n) is 4.01. The number of nitrogens with one attached hydrogen (secondary N) is 1. The van der Waals surface area contributed by atoms with Gasteiger partial charge in [-0.3, -0.25) is 4.79 Å². The van der Waals surface area contributed by atoms with Crippen molar-refractivity contribution in [2.24, 2.45) is 0 Å². The molecule has 3 aromatic carbocycles. The van der Waals surface area contributed by atoms with E-state index in [-0.39, 0.29) is 5.91 Å². The minimum absolute atomic E-state index is 0.0927. The summed E-state index contributed by atoms with van der Waals surface area (Å²) in [4.78, 5) is 22.9. The van der Waals surface area contributed by atoms with Crippen LogP contribution in [-0.4, -0.2) is 34.0 Å². The smallest absolute Gasteiger partial charge is 0.254 e. The van der Waals surface area contributed by atoms with Gasteiger partial charge in [-0.2, -0.15) is 0 Å². The number of hydrogen-bond donors (Lipinski definition) is 1. The Bertz CT molecular complexity index is 1220. The summed E-state index contributed by atoms with van der Waals surface area (Å²) in [5.41, 5.74) is 3.85. The maximum Gasteiger partial charge on any atom is 0.254 e. The molecule has 1 N–H and O–H groups in total. The zero-order valence-corrected chi connectivity index (χ0v) is 18.2. The number of nitrogens with zero attached hydrogens (tertiary/aromatic N) is 2. The zero-order chi connectivity index (χ0) is 22.5. The van der Waals surface area contributed by atoms with E-state index in [2.05, 4.69) is 34.2 Å². The second-order valence-corrected chi connectivity index (χ2v) is 7.93. The normalized spacial score (nSPS) is 12.7. The Morgan fingerprint density at radius 1 is 0.909 bits per heavy atom. The molecule has 0 fully saturated rings. The first-order chi connectivity index (χ1) is 16.3. The topological polar surface area (TPSA) is 67.5 Å². The quantitative estimate of drug-likeness (QED) is 0.455. The van der Waals surface area contributed by atoms with Crippen molar-refractivity contribution < 1.29 is 14.3 Å². The molecule has 2 heterocycles. The van der Waals surface area contributed by atoms with Gasteiger partial charge in [0.15, 0.2) is 11.5 Å². The molecule has 0 atom stereocenters. The lowest BCUT2D eigenvalue weighted by Gasteiger charge is -2.24. The van der Waals surface area contributed by atoms with E-state index in [1.54, 1.807) is 29.4 Å². The van der Waals surface area contributed by atoms with Gasteiger partial charge in [-0.25, -0.2) is 4.98 Å². The van der Waals surface area contributed by atoms with Crippen molar-refractivity contribution in [3.8, 4) is 22.6 Å². The first-order valence-electron chi connectivity index (χ1n) is 11.1.